The number of fused-ring (bicyclic) bond motifs is 2. The van der Waals surface area contributed by atoms with Crippen molar-refractivity contribution in [1.29, 1.82) is 0 Å². The first-order chi connectivity index (χ1) is 13.3. The lowest BCUT2D eigenvalue weighted by atomic mass is 10.1. The van der Waals surface area contributed by atoms with Crippen LogP contribution in [0.2, 0.25) is 0 Å². The molecule has 2 aromatic heterocycles. The summed E-state index contributed by atoms with van der Waals surface area (Å²) in [5, 5.41) is 0. The fourth-order valence-electron chi connectivity index (χ4n) is 4.00. The maximum Gasteiger partial charge on any atom is 0.274 e. The van der Waals surface area contributed by atoms with Gasteiger partial charge in [0.2, 0.25) is 6.79 Å². The lowest BCUT2D eigenvalue weighted by molar-refractivity contribution is 0.0659. The molecule has 0 atom stereocenters. The van der Waals surface area contributed by atoms with Crippen molar-refractivity contribution in [3.05, 3.63) is 60.0 Å². The highest BCUT2D eigenvalue weighted by Crippen LogP contribution is 2.34. The molecule has 0 unspecified atom stereocenters. The van der Waals surface area contributed by atoms with Crippen LogP contribution in [0.4, 0.5) is 0 Å². The fraction of sp³-hybridized carbons (Fsp3) is 0.333. The highest BCUT2D eigenvalue weighted by Gasteiger charge is 2.29. The molecule has 6 nitrogen and oxygen atoms in total. The predicted octanol–water partition coefficient (Wildman–Crippen LogP) is 3.65. The Morgan fingerprint density at radius 2 is 2.00 bits per heavy atom. The molecule has 0 spiro atoms. The van der Waals surface area contributed by atoms with E-state index in [0.29, 0.717) is 12.2 Å². The van der Waals surface area contributed by atoms with E-state index in [0.717, 1.165) is 35.6 Å². The van der Waals surface area contributed by atoms with Gasteiger partial charge in [-0.15, -0.1) is 0 Å². The molecule has 5 rings (SSSR count). The molecule has 1 fully saturated rings. The minimum absolute atomic E-state index is 0.0109. The van der Waals surface area contributed by atoms with Gasteiger partial charge in [0, 0.05) is 25.0 Å². The molecule has 1 aliphatic carbocycles. The van der Waals surface area contributed by atoms with E-state index in [1.54, 1.807) is 0 Å². The topological polar surface area (TPSA) is 56.1 Å². The molecule has 0 N–H and O–H groups in total. The van der Waals surface area contributed by atoms with Crippen molar-refractivity contribution in [3.63, 3.8) is 0 Å². The Bertz CT molecular complexity index is 958. The Balaban J connectivity index is 1.45. The number of carbonyl (C=O) groups is 1. The van der Waals surface area contributed by atoms with Crippen LogP contribution in [0.25, 0.3) is 5.65 Å². The number of hydrogen-bond acceptors (Lipinski definition) is 4. The number of hydrogen-bond donors (Lipinski definition) is 0. The monoisotopic (exact) mass is 363 g/mol. The van der Waals surface area contributed by atoms with Crippen LogP contribution in [0, 0.1) is 0 Å². The zero-order chi connectivity index (χ0) is 18.2. The molecule has 1 saturated carbocycles. The Morgan fingerprint density at radius 1 is 1.15 bits per heavy atom. The molecule has 6 heteroatoms. The predicted molar refractivity (Wildman–Crippen MR) is 99.9 cm³/mol. The summed E-state index contributed by atoms with van der Waals surface area (Å²) >= 11 is 0. The second kappa shape index (κ2) is 6.61. The van der Waals surface area contributed by atoms with Crippen LogP contribution >= 0.6 is 0 Å². The van der Waals surface area contributed by atoms with Gasteiger partial charge in [0.1, 0.15) is 11.3 Å². The van der Waals surface area contributed by atoms with Gasteiger partial charge in [-0.25, -0.2) is 4.98 Å². The highest BCUT2D eigenvalue weighted by atomic mass is 16.7. The molecular weight excluding hydrogens is 342 g/mol. The largest absolute Gasteiger partial charge is 0.454 e. The van der Waals surface area contributed by atoms with Crippen molar-refractivity contribution in [2.75, 3.05) is 6.79 Å². The molecule has 0 bridgehead atoms. The Hall–Kier alpha value is -3.02. The summed E-state index contributed by atoms with van der Waals surface area (Å²) < 4.78 is 12.8. The number of rotatable bonds is 4. The number of benzene rings is 1. The van der Waals surface area contributed by atoms with Crippen LogP contribution in [0.3, 0.4) is 0 Å². The third kappa shape index (κ3) is 3.01. The van der Waals surface area contributed by atoms with Crippen LogP contribution in [0.5, 0.6) is 11.5 Å². The van der Waals surface area contributed by atoms with Crippen LogP contribution in [-0.4, -0.2) is 33.0 Å². The summed E-state index contributed by atoms with van der Waals surface area (Å²) in [6.07, 6.45) is 8.16. The van der Waals surface area contributed by atoms with Gasteiger partial charge in [-0.05, 0) is 42.7 Å². The zero-order valence-electron chi connectivity index (χ0n) is 15.0. The Labute approximate surface area is 157 Å². The Kier molecular flexibility index (Phi) is 3.96. The van der Waals surface area contributed by atoms with Crippen LogP contribution in [0.15, 0.2) is 48.8 Å². The van der Waals surface area contributed by atoms with Gasteiger partial charge in [-0.1, -0.05) is 25.0 Å². The van der Waals surface area contributed by atoms with Gasteiger partial charge in [-0.3, -0.25) is 4.79 Å². The van der Waals surface area contributed by atoms with E-state index in [1.807, 2.05) is 58.1 Å². The van der Waals surface area contributed by atoms with Gasteiger partial charge >= 0.3 is 0 Å². The number of carbonyl (C=O) groups excluding carboxylic acids is 1. The van der Waals surface area contributed by atoms with E-state index in [9.17, 15) is 4.79 Å². The first-order valence-corrected chi connectivity index (χ1v) is 9.41. The molecule has 0 saturated heterocycles. The van der Waals surface area contributed by atoms with E-state index >= 15 is 0 Å². The first-order valence-electron chi connectivity index (χ1n) is 9.41. The normalized spacial score (nSPS) is 16.1. The molecule has 1 aliphatic heterocycles. The third-order valence-electron chi connectivity index (χ3n) is 5.40. The van der Waals surface area contributed by atoms with E-state index < -0.39 is 0 Å². The number of aromatic nitrogens is 2. The molecule has 1 aromatic carbocycles. The summed E-state index contributed by atoms with van der Waals surface area (Å²) in [5.41, 5.74) is 2.33. The Morgan fingerprint density at radius 3 is 2.85 bits per heavy atom. The summed E-state index contributed by atoms with van der Waals surface area (Å²) in [5.74, 6) is 1.50. The molecule has 1 amide bonds. The molecular formula is C21H21N3O3. The van der Waals surface area contributed by atoms with Crippen LogP contribution in [0.1, 0.15) is 41.7 Å². The average molecular weight is 363 g/mol. The molecule has 3 aromatic rings. The first kappa shape index (κ1) is 16.2. The second-order valence-corrected chi connectivity index (χ2v) is 7.15. The van der Waals surface area contributed by atoms with Crippen molar-refractivity contribution < 1.29 is 14.3 Å². The third-order valence-corrected chi connectivity index (χ3v) is 5.40. The number of nitrogens with zero attached hydrogens (tertiary/aromatic N) is 3. The quantitative estimate of drug-likeness (QED) is 0.710. The van der Waals surface area contributed by atoms with Crippen molar-refractivity contribution in [3.8, 4) is 11.5 Å². The van der Waals surface area contributed by atoms with Crippen molar-refractivity contribution in [2.24, 2.45) is 0 Å². The number of imidazole rings is 1. The average Bonchev–Trinajstić information content (AvgIpc) is 3.45. The van der Waals surface area contributed by atoms with Crippen LogP contribution < -0.4 is 9.47 Å². The number of ether oxygens (including phenoxy) is 2. The fourth-order valence-corrected chi connectivity index (χ4v) is 4.00. The van der Waals surface area contributed by atoms with Crippen molar-refractivity contribution in [1.82, 2.24) is 14.3 Å². The minimum Gasteiger partial charge on any atom is -0.454 e. The van der Waals surface area contributed by atoms with Crippen LogP contribution in [-0.2, 0) is 6.54 Å². The van der Waals surface area contributed by atoms with E-state index in [2.05, 4.69) is 4.98 Å². The van der Waals surface area contributed by atoms with Gasteiger partial charge in [0.05, 0.1) is 0 Å². The van der Waals surface area contributed by atoms with Crippen molar-refractivity contribution in [2.45, 2.75) is 38.3 Å². The van der Waals surface area contributed by atoms with E-state index in [4.69, 9.17) is 9.47 Å². The standard InChI is InChI=1S/C21H21N3O3/c25-21(17-13-23-10-4-3-7-20(23)22-17)24(16-5-1-2-6-16)12-15-8-9-18-19(11-15)27-14-26-18/h3-4,7-11,13,16H,1-2,5-6,12,14H2. The zero-order valence-corrected chi connectivity index (χ0v) is 15.0. The smallest absolute Gasteiger partial charge is 0.274 e. The maximum absolute atomic E-state index is 13.3. The van der Waals surface area contributed by atoms with Gasteiger partial charge in [0.25, 0.3) is 5.91 Å². The van der Waals surface area contributed by atoms with Gasteiger partial charge in [-0.2, -0.15) is 0 Å². The molecule has 3 heterocycles. The maximum atomic E-state index is 13.3. The van der Waals surface area contributed by atoms with Gasteiger partial charge in [0.15, 0.2) is 11.5 Å². The lowest BCUT2D eigenvalue weighted by Gasteiger charge is -2.28. The molecule has 138 valence electrons. The minimum atomic E-state index is -0.0109. The molecule has 2 aliphatic rings. The van der Waals surface area contributed by atoms with E-state index in [-0.39, 0.29) is 18.7 Å². The second-order valence-electron chi connectivity index (χ2n) is 7.15. The number of pyridine rings is 1. The van der Waals surface area contributed by atoms with Gasteiger partial charge < -0.3 is 18.8 Å². The lowest BCUT2D eigenvalue weighted by Crippen LogP contribution is -2.38. The highest BCUT2D eigenvalue weighted by molar-refractivity contribution is 5.93. The summed E-state index contributed by atoms with van der Waals surface area (Å²) in [7, 11) is 0. The summed E-state index contributed by atoms with van der Waals surface area (Å²) in [6.45, 7) is 0.805. The van der Waals surface area contributed by atoms with Crippen molar-refractivity contribution >= 4 is 11.6 Å². The van der Waals surface area contributed by atoms with E-state index in [1.165, 1.54) is 12.8 Å². The molecule has 0 radical (unpaired) electrons. The number of amides is 1. The summed E-state index contributed by atoms with van der Waals surface area (Å²) in [4.78, 5) is 19.8. The molecule has 27 heavy (non-hydrogen) atoms. The summed E-state index contributed by atoms with van der Waals surface area (Å²) in [6, 6.07) is 11.9. The SMILES string of the molecule is O=C(c1cn2ccccc2n1)N(Cc1ccc2c(c1)OCO2)C1CCCC1.